The Morgan fingerprint density at radius 1 is 1.41 bits per heavy atom. The summed E-state index contributed by atoms with van der Waals surface area (Å²) in [4.78, 5) is 2.47. The molecule has 0 spiro atoms. The summed E-state index contributed by atoms with van der Waals surface area (Å²) in [5.41, 5.74) is 0.999. The molecule has 17 heavy (non-hydrogen) atoms. The van der Waals surface area contributed by atoms with Crippen molar-refractivity contribution in [3.8, 4) is 0 Å². The van der Waals surface area contributed by atoms with E-state index in [1.807, 2.05) is 24.3 Å². The molecule has 1 aromatic carbocycles. The molecule has 0 bridgehead atoms. The minimum atomic E-state index is -0.363. The van der Waals surface area contributed by atoms with Crippen molar-refractivity contribution in [2.75, 3.05) is 13.1 Å². The highest BCUT2D eigenvalue weighted by atomic mass is 79.9. The van der Waals surface area contributed by atoms with Gasteiger partial charge in [-0.25, -0.2) is 0 Å². The number of hydrogen-bond acceptors (Lipinski definition) is 2. The maximum absolute atomic E-state index is 10.2. The Kier molecular flexibility index (Phi) is 4.60. The standard InChI is InChI=1S/C14H20BrNO/c1-2-16(11-7-8-11)10-9-14(17)12-5-3-4-6-13(12)15/h3-6,11,14,17H,2,7-10H2,1H3. The number of nitrogens with zero attached hydrogens (tertiary/aromatic N) is 1. The van der Waals surface area contributed by atoms with Gasteiger partial charge in [-0.2, -0.15) is 0 Å². The Morgan fingerprint density at radius 3 is 2.71 bits per heavy atom. The third kappa shape index (κ3) is 3.54. The lowest BCUT2D eigenvalue weighted by molar-refractivity contribution is 0.141. The highest BCUT2D eigenvalue weighted by Crippen LogP contribution is 2.29. The molecule has 1 aromatic rings. The van der Waals surface area contributed by atoms with Crippen molar-refractivity contribution in [1.82, 2.24) is 4.90 Å². The maximum atomic E-state index is 10.2. The Balaban J connectivity index is 1.88. The summed E-state index contributed by atoms with van der Waals surface area (Å²) in [5.74, 6) is 0. The molecule has 0 radical (unpaired) electrons. The molecule has 0 heterocycles. The van der Waals surface area contributed by atoms with Crippen LogP contribution in [0, 0.1) is 0 Å². The van der Waals surface area contributed by atoms with Crippen LogP contribution in [0.15, 0.2) is 28.7 Å². The fraction of sp³-hybridized carbons (Fsp3) is 0.571. The Labute approximate surface area is 112 Å². The SMILES string of the molecule is CCN(CCC(O)c1ccccc1Br)C1CC1. The topological polar surface area (TPSA) is 23.5 Å². The van der Waals surface area contributed by atoms with Gasteiger partial charge in [0.05, 0.1) is 6.10 Å². The van der Waals surface area contributed by atoms with Crippen LogP contribution >= 0.6 is 15.9 Å². The first-order valence-electron chi connectivity index (χ1n) is 6.39. The first-order chi connectivity index (χ1) is 8.22. The van der Waals surface area contributed by atoms with E-state index in [4.69, 9.17) is 0 Å². The van der Waals surface area contributed by atoms with E-state index in [1.54, 1.807) is 0 Å². The molecular formula is C14H20BrNO. The van der Waals surface area contributed by atoms with Gasteiger partial charge in [-0.05, 0) is 37.4 Å². The number of aliphatic hydroxyl groups is 1. The average Bonchev–Trinajstić information content (AvgIpc) is 3.14. The largest absolute Gasteiger partial charge is 0.388 e. The van der Waals surface area contributed by atoms with Crippen LogP contribution in [0.2, 0.25) is 0 Å². The van der Waals surface area contributed by atoms with Gasteiger partial charge in [-0.3, -0.25) is 0 Å². The van der Waals surface area contributed by atoms with Crippen LogP contribution in [0.1, 0.15) is 37.9 Å². The van der Waals surface area contributed by atoms with Gasteiger partial charge in [-0.15, -0.1) is 0 Å². The van der Waals surface area contributed by atoms with Crippen LogP contribution < -0.4 is 0 Å². The molecule has 2 nitrogen and oxygen atoms in total. The minimum absolute atomic E-state index is 0.363. The van der Waals surface area contributed by atoms with Crippen molar-refractivity contribution in [3.05, 3.63) is 34.3 Å². The van der Waals surface area contributed by atoms with Crippen LogP contribution in [0.3, 0.4) is 0 Å². The van der Waals surface area contributed by atoms with Crippen molar-refractivity contribution >= 4 is 15.9 Å². The number of rotatable bonds is 6. The van der Waals surface area contributed by atoms with E-state index in [9.17, 15) is 5.11 Å². The van der Waals surface area contributed by atoms with E-state index in [2.05, 4.69) is 27.8 Å². The molecule has 3 heteroatoms. The number of hydrogen-bond donors (Lipinski definition) is 1. The van der Waals surface area contributed by atoms with Gasteiger partial charge in [0.1, 0.15) is 0 Å². The molecule has 1 fully saturated rings. The highest BCUT2D eigenvalue weighted by Gasteiger charge is 2.27. The molecule has 0 saturated heterocycles. The summed E-state index contributed by atoms with van der Waals surface area (Å²) in [6.45, 7) is 4.28. The van der Waals surface area contributed by atoms with E-state index in [0.717, 1.165) is 35.6 Å². The molecule has 0 aromatic heterocycles. The third-order valence-corrected chi connectivity index (χ3v) is 4.15. The molecule has 2 rings (SSSR count). The summed E-state index contributed by atoms with van der Waals surface area (Å²) in [7, 11) is 0. The molecule has 94 valence electrons. The predicted molar refractivity (Wildman–Crippen MR) is 74.0 cm³/mol. The van der Waals surface area contributed by atoms with Crippen molar-refractivity contribution in [1.29, 1.82) is 0 Å². The monoisotopic (exact) mass is 297 g/mol. The lowest BCUT2D eigenvalue weighted by Gasteiger charge is -2.22. The van der Waals surface area contributed by atoms with Crippen LogP contribution in [-0.4, -0.2) is 29.1 Å². The molecule has 1 atom stereocenters. The molecule has 0 aliphatic heterocycles. The second-order valence-corrected chi connectivity index (χ2v) is 5.54. The van der Waals surface area contributed by atoms with Crippen LogP contribution in [0.4, 0.5) is 0 Å². The van der Waals surface area contributed by atoms with Gasteiger partial charge < -0.3 is 10.0 Å². The van der Waals surface area contributed by atoms with Crippen molar-refractivity contribution < 1.29 is 5.11 Å². The lowest BCUT2D eigenvalue weighted by Crippen LogP contribution is -2.27. The first kappa shape index (κ1) is 13.1. The van der Waals surface area contributed by atoms with Crippen molar-refractivity contribution in [3.63, 3.8) is 0 Å². The molecule has 0 amide bonds. The molecule has 1 aliphatic rings. The zero-order valence-corrected chi connectivity index (χ0v) is 11.9. The highest BCUT2D eigenvalue weighted by molar-refractivity contribution is 9.10. The van der Waals surface area contributed by atoms with Gasteiger partial charge >= 0.3 is 0 Å². The minimum Gasteiger partial charge on any atom is -0.388 e. The predicted octanol–water partition coefficient (Wildman–Crippen LogP) is 3.36. The van der Waals surface area contributed by atoms with E-state index in [1.165, 1.54) is 12.8 Å². The second-order valence-electron chi connectivity index (χ2n) is 4.69. The van der Waals surface area contributed by atoms with Gasteiger partial charge in [-0.1, -0.05) is 41.1 Å². The maximum Gasteiger partial charge on any atom is 0.0813 e. The summed E-state index contributed by atoms with van der Waals surface area (Å²) in [6.07, 6.45) is 3.11. The molecular weight excluding hydrogens is 278 g/mol. The molecule has 1 unspecified atom stereocenters. The summed E-state index contributed by atoms with van der Waals surface area (Å²) in [5, 5.41) is 10.2. The molecule has 1 saturated carbocycles. The molecule has 1 aliphatic carbocycles. The number of aliphatic hydroxyl groups excluding tert-OH is 1. The van der Waals surface area contributed by atoms with E-state index in [-0.39, 0.29) is 6.10 Å². The lowest BCUT2D eigenvalue weighted by atomic mass is 10.1. The van der Waals surface area contributed by atoms with E-state index < -0.39 is 0 Å². The van der Waals surface area contributed by atoms with Crippen LogP contribution in [-0.2, 0) is 0 Å². The fourth-order valence-electron chi connectivity index (χ4n) is 2.23. The Morgan fingerprint density at radius 2 is 2.12 bits per heavy atom. The smallest absolute Gasteiger partial charge is 0.0813 e. The summed E-state index contributed by atoms with van der Waals surface area (Å²) in [6, 6.07) is 8.70. The average molecular weight is 298 g/mol. The van der Waals surface area contributed by atoms with Gasteiger partial charge in [0, 0.05) is 17.1 Å². The number of benzene rings is 1. The zero-order chi connectivity index (χ0) is 12.3. The fourth-order valence-corrected chi connectivity index (χ4v) is 2.78. The normalized spacial score (nSPS) is 17.4. The second kappa shape index (κ2) is 5.98. The van der Waals surface area contributed by atoms with E-state index in [0.29, 0.717) is 0 Å². The van der Waals surface area contributed by atoms with Crippen LogP contribution in [0.25, 0.3) is 0 Å². The summed E-state index contributed by atoms with van der Waals surface area (Å²) >= 11 is 3.49. The van der Waals surface area contributed by atoms with Gasteiger partial charge in [0.25, 0.3) is 0 Å². The van der Waals surface area contributed by atoms with Gasteiger partial charge in [0.15, 0.2) is 0 Å². The Hall–Kier alpha value is -0.380. The Bertz CT molecular complexity index is 365. The van der Waals surface area contributed by atoms with Crippen molar-refractivity contribution in [2.45, 2.75) is 38.3 Å². The summed E-state index contributed by atoms with van der Waals surface area (Å²) < 4.78 is 1.00. The first-order valence-corrected chi connectivity index (χ1v) is 7.18. The van der Waals surface area contributed by atoms with E-state index >= 15 is 0 Å². The quantitative estimate of drug-likeness (QED) is 0.870. The number of halogens is 1. The third-order valence-electron chi connectivity index (χ3n) is 3.42. The van der Waals surface area contributed by atoms with Crippen LogP contribution in [0.5, 0.6) is 0 Å². The molecule has 1 N–H and O–H groups in total. The van der Waals surface area contributed by atoms with Crippen molar-refractivity contribution in [2.24, 2.45) is 0 Å². The zero-order valence-electron chi connectivity index (χ0n) is 10.3. The van der Waals surface area contributed by atoms with Gasteiger partial charge in [0.2, 0.25) is 0 Å².